The minimum absolute atomic E-state index is 0.0600. The zero-order valence-electron chi connectivity index (χ0n) is 12.6. The first kappa shape index (κ1) is 17.0. The van der Waals surface area contributed by atoms with Crippen LogP contribution >= 0.6 is 15.9 Å². The zero-order chi connectivity index (χ0) is 16.7. The Morgan fingerprint density at radius 3 is 2.65 bits per heavy atom. The Labute approximate surface area is 143 Å². The molecule has 2 aromatic rings. The van der Waals surface area contributed by atoms with Gasteiger partial charge in [0.05, 0.1) is 5.56 Å². The van der Waals surface area contributed by atoms with Crippen LogP contribution in [-0.2, 0) is 4.79 Å². The highest BCUT2D eigenvalue weighted by Gasteiger charge is 2.10. The molecule has 6 heteroatoms. The molecular weight excluding hydrogens is 360 g/mol. The minimum Gasteiger partial charge on any atom is -0.484 e. The first-order chi connectivity index (χ1) is 11.1. The fraction of sp³-hybridized carbons (Fsp3) is 0.176. The fourth-order valence-corrected chi connectivity index (χ4v) is 2.37. The van der Waals surface area contributed by atoms with Gasteiger partial charge in [-0.25, -0.2) is 0 Å². The zero-order valence-corrected chi connectivity index (χ0v) is 14.2. The summed E-state index contributed by atoms with van der Waals surface area (Å²) >= 11 is 3.35. The van der Waals surface area contributed by atoms with E-state index >= 15 is 0 Å². The predicted molar refractivity (Wildman–Crippen MR) is 92.7 cm³/mol. The highest BCUT2D eigenvalue weighted by molar-refractivity contribution is 9.10. The summed E-state index contributed by atoms with van der Waals surface area (Å²) in [7, 11) is 0. The first-order valence-electron chi connectivity index (χ1n) is 7.15. The Hall–Kier alpha value is -2.34. The smallest absolute Gasteiger partial charge is 0.257 e. The van der Waals surface area contributed by atoms with Crippen molar-refractivity contribution < 1.29 is 14.3 Å². The lowest BCUT2D eigenvalue weighted by Crippen LogP contribution is -2.28. The number of nitrogens with one attached hydrogen (secondary N) is 2. The Morgan fingerprint density at radius 1 is 1.13 bits per heavy atom. The molecule has 120 valence electrons. The molecule has 0 radical (unpaired) electrons. The molecule has 2 aromatic carbocycles. The van der Waals surface area contributed by atoms with Gasteiger partial charge in [0.25, 0.3) is 11.8 Å². The van der Waals surface area contributed by atoms with Crippen molar-refractivity contribution in [2.75, 3.05) is 18.5 Å². The van der Waals surface area contributed by atoms with E-state index in [2.05, 4.69) is 26.6 Å². The summed E-state index contributed by atoms with van der Waals surface area (Å²) in [6, 6.07) is 14.1. The number of benzene rings is 2. The second kappa shape index (κ2) is 8.33. The van der Waals surface area contributed by atoms with Crippen molar-refractivity contribution in [2.45, 2.75) is 6.92 Å². The number of halogens is 1. The predicted octanol–water partition coefficient (Wildman–Crippen LogP) is 3.22. The number of carbonyl (C=O) groups excluding carboxylic acids is 2. The van der Waals surface area contributed by atoms with Gasteiger partial charge in [-0.15, -0.1) is 0 Å². The number of hydrogen-bond donors (Lipinski definition) is 2. The summed E-state index contributed by atoms with van der Waals surface area (Å²) in [5.74, 6) is 0.106. The van der Waals surface area contributed by atoms with Crippen molar-refractivity contribution >= 4 is 33.4 Å². The number of hydrogen-bond acceptors (Lipinski definition) is 3. The number of carbonyl (C=O) groups is 2. The average molecular weight is 377 g/mol. The van der Waals surface area contributed by atoms with Crippen LogP contribution < -0.4 is 15.4 Å². The molecule has 0 heterocycles. The molecule has 5 nitrogen and oxygen atoms in total. The minimum atomic E-state index is -0.224. The number of ether oxygens (including phenoxy) is 1. The van der Waals surface area contributed by atoms with E-state index in [1.54, 1.807) is 42.5 Å². The van der Waals surface area contributed by atoms with Crippen molar-refractivity contribution in [3.8, 4) is 5.75 Å². The van der Waals surface area contributed by atoms with Crippen LogP contribution in [0.5, 0.6) is 5.75 Å². The van der Waals surface area contributed by atoms with Crippen LogP contribution in [0.3, 0.4) is 0 Å². The molecule has 23 heavy (non-hydrogen) atoms. The van der Waals surface area contributed by atoms with Crippen LogP contribution in [0.2, 0.25) is 0 Å². The van der Waals surface area contributed by atoms with E-state index < -0.39 is 0 Å². The second-order valence-corrected chi connectivity index (χ2v) is 5.56. The average Bonchev–Trinajstić information content (AvgIpc) is 2.54. The van der Waals surface area contributed by atoms with Crippen LogP contribution in [-0.4, -0.2) is 25.0 Å². The molecule has 2 rings (SSSR count). The van der Waals surface area contributed by atoms with Gasteiger partial charge >= 0.3 is 0 Å². The lowest BCUT2D eigenvalue weighted by atomic mass is 10.2. The lowest BCUT2D eigenvalue weighted by Gasteiger charge is -2.10. The van der Waals surface area contributed by atoms with E-state index in [1.165, 1.54) is 0 Å². The topological polar surface area (TPSA) is 67.4 Å². The standard InChI is InChI=1S/C17H17BrN2O3/c1-2-19-16(21)11-23-13-7-5-6-12(10-13)20-17(22)14-8-3-4-9-15(14)18/h3-10H,2,11H2,1H3,(H,19,21)(H,20,22). The Kier molecular flexibility index (Phi) is 6.17. The lowest BCUT2D eigenvalue weighted by molar-refractivity contribution is -0.122. The molecule has 0 aliphatic heterocycles. The molecule has 0 bridgehead atoms. The van der Waals surface area contributed by atoms with E-state index in [1.807, 2.05) is 13.0 Å². The largest absolute Gasteiger partial charge is 0.484 e. The van der Waals surface area contributed by atoms with E-state index in [0.29, 0.717) is 23.5 Å². The molecule has 0 aliphatic carbocycles. The highest BCUT2D eigenvalue weighted by Crippen LogP contribution is 2.20. The van der Waals surface area contributed by atoms with Crippen LogP contribution in [0, 0.1) is 0 Å². The monoisotopic (exact) mass is 376 g/mol. The molecule has 0 unspecified atom stereocenters. The summed E-state index contributed by atoms with van der Waals surface area (Å²) < 4.78 is 6.12. The van der Waals surface area contributed by atoms with Gasteiger partial charge in [0.2, 0.25) is 0 Å². The van der Waals surface area contributed by atoms with Crippen molar-refractivity contribution in [1.82, 2.24) is 5.32 Å². The van der Waals surface area contributed by atoms with Gasteiger partial charge in [0, 0.05) is 22.8 Å². The van der Waals surface area contributed by atoms with Crippen molar-refractivity contribution in [2.24, 2.45) is 0 Å². The van der Waals surface area contributed by atoms with E-state index in [9.17, 15) is 9.59 Å². The van der Waals surface area contributed by atoms with Gasteiger partial charge in [-0.05, 0) is 47.1 Å². The van der Waals surface area contributed by atoms with E-state index in [0.717, 1.165) is 4.47 Å². The molecule has 0 saturated carbocycles. The number of amides is 2. The van der Waals surface area contributed by atoms with Crippen LogP contribution in [0.1, 0.15) is 17.3 Å². The molecular formula is C17H17BrN2O3. The Balaban J connectivity index is 2.01. The number of rotatable bonds is 6. The Bertz CT molecular complexity index is 704. The summed E-state index contributed by atoms with van der Waals surface area (Å²) in [4.78, 5) is 23.6. The normalized spacial score (nSPS) is 10.0. The SMILES string of the molecule is CCNC(=O)COc1cccc(NC(=O)c2ccccc2Br)c1. The second-order valence-electron chi connectivity index (χ2n) is 4.70. The third-order valence-electron chi connectivity index (χ3n) is 2.95. The van der Waals surface area contributed by atoms with E-state index in [-0.39, 0.29) is 18.4 Å². The van der Waals surface area contributed by atoms with Gasteiger partial charge in [-0.3, -0.25) is 9.59 Å². The maximum absolute atomic E-state index is 12.3. The Morgan fingerprint density at radius 2 is 1.91 bits per heavy atom. The summed E-state index contributed by atoms with van der Waals surface area (Å²) in [6.07, 6.45) is 0. The molecule has 2 amide bonds. The third kappa shape index (κ3) is 5.10. The van der Waals surface area contributed by atoms with Crippen molar-refractivity contribution in [3.63, 3.8) is 0 Å². The maximum atomic E-state index is 12.3. The molecule has 2 N–H and O–H groups in total. The van der Waals surface area contributed by atoms with Crippen LogP contribution in [0.25, 0.3) is 0 Å². The quantitative estimate of drug-likeness (QED) is 0.813. The first-order valence-corrected chi connectivity index (χ1v) is 7.95. The third-order valence-corrected chi connectivity index (χ3v) is 3.65. The molecule has 0 spiro atoms. The molecule has 0 aliphatic rings. The molecule has 0 saturated heterocycles. The van der Waals surface area contributed by atoms with Crippen LogP contribution in [0.4, 0.5) is 5.69 Å². The van der Waals surface area contributed by atoms with Gasteiger partial charge in [-0.1, -0.05) is 18.2 Å². The fourth-order valence-electron chi connectivity index (χ4n) is 1.90. The maximum Gasteiger partial charge on any atom is 0.257 e. The summed E-state index contributed by atoms with van der Waals surface area (Å²) in [5, 5.41) is 5.45. The summed E-state index contributed by atoms with van der Waals surface area (Å²) in [6.45, 7) is 2.34. The van der Waals surface area contributed by atoms with E-state index in [4.69, 9.17) is 4.74 Å². The molecule has 0 atom stereocenters. The van der Waals surface area contributed by atoms with Crippen molar-refractivity contribution in [1.29, 1.82) is 0 Å². The number of likely N-dealkylation sites (N-methyl/N-ethyl adjacent to an activating group) is 1. The highest BCUT2D eigenvalue weighted by atomic mass is 79.9. The van der Waals surface area contributed by atoms with Gasteiger partial charge in [-0.2, -0.15) is 0 Å². The van der Waals surface area contributed by atoms with Gasteiger partial charge < -0.3 is 15.4 Å². The van der Waals surface area contributed by atoms with Crippen LogP contribution in [0.15, 0.2) is 53.0 Å². The van der Waals surface area contributed by atoms with Gasteiger partial charge in [0.1, 0.15) is 5.75 Å². The number of anilines is 1. The summed E-state index contributed by atoms with van der Waals surface area (Å²) in [5.41, 5.74) is 1.14. The van der Waals surface area contributed by atoms with Crippen molar-refractivity contribution in [3.05, 3.63) is 58.6 Å². The van der Waals surface area contributed by atoms with Gasteiger partial charge in [0.15, 0.2) is 6.61 Å². The molecule has 0 aromatic heterocycles. The molecule has 0 fully saturated rings.